The number of pyridine rings is 1. The van der Waals surface area contributed by atoms with Gasteiger partial charge in [0.1, 0.15) is 11.5 Å². The molecule has 1 aromatic heterocycles. The van der Waals surface area contributed by atoms with E-state index >= 15 is 0 Å². The van der Waals surface area contributed by atoms with Crippen molar-refractivity contribution in [1.29, 1.82) is 0 Å². The summed E-state index contributed by atoms with van der Waals surface area (Å²) < 4.78 is 13.7. The standard InChI is InChI=1S/C24H19FN4O3/c1-15(30)27-18-10-8-16(9-11-18)21-22(28-19-7-4-5-17(25)13-19)24(32)29(23(21)31)14-20-6-2-3-12-26-20/h2-13,28H,14H2,1H3,(H,27,30). The van der Waals surface area contributed by atoms with Gasteiger partial charge in [-0.2, -0.15) is 0 Å². The molecule has 2 heterocycles. The van der Waals surface area contributed by atoms with E-state index in [4.69, 9.17) is 0 Å². The van der Waals surface area contributed by atoms with Crippen molar-refractivity contribution >= 4 is 34.7 Å². The molecule has 0 radical (unpaired) electrons. The number of halogens is 1. The van der Waals surface area contributed by atoms with Gasteiger partial charge in [-0.1, -0.05) is 24.3 Å². The predicted molar refractivity (Wildman–Crippen MR) is 117 cm³/mol. The molecule has 0 fully saturated rings. The zero-order chi connectivity index (χ0) is 22.7. The Morgan fingerprint density at radius 3 is 2.41 bits per heavy atom. The van der Waals surface area contributed by atoms with Crippen molar-refractivity contribution in [2.75, 3.05) is 10.6 Å². The van der Waals surface area contributed by atoms with E-state index in [2.05, 4.69) is 15.6 Å². The predicted octanol–water partition coefficient (Wildman–Crippen LogP) is 3.57. The van der Waals surface area contributed by atoms with Crippen LogP contribution in [0, 0.1) is 5.82 Å². The molecule has 3 aromatic rings. The van der Waals surface area contributed by atoms with Crippen molar-refractivity contribution in [3.05, 3.63) is 95.7 Å². The lowest BCUT2D eigenvalue weighted by Crippen LogP contribution is -2.32. The quantitative estimate of drug-likeness (QED) is 0.584. The lowest BCUT2D eigenvalue weighted by molar-refractivity contribution is -0.137. The van der Waals surface area contributed by atoms with Crippen LogP contribution in [0.1, 0.15) is 18.2 Å². The molecule has 160 valence electrons. The molecular weight excluding hydrogens is 411 g/mol. The zero-order valence-electron chi connectivity index (χ0n) is 17.1. The van der Waals surface area contributed by atoms with E-state index in [1.807, 2.05) is 0 Å². The van der Waals surface area contributed by atoms with E-state index in [0.717, 1.165) is 4.90 Å². The number of hydrogen-bond acceptors (Lipinski definition) is 5. The molecule has 0 unspecified atom stereocenters. The second kappa shape index (κ2) is 8.81. The molecule has 0 saturated heterocycles. The van der Waals surface area contributed by atoms with Crippen molar-refractivity contribution < 1.29 is 18.8 Å². The number of nitrogens with zero attached hydrogens (tertiary/aromatic N) is 2. The Labute approximate surface area is 183 Å². The van der Waals surface area contributed by atoms with Crippen molar-refractivity contribution in [2.45, 2.75) is 13.5 Å². The van der Waals surface area contributed by atoms with Gasteiger partial charge in [0.25, 0.3) is 11.8 Å². The van der Waals surface area contributed by atoms with Gasteiger partial charge in [0.15, 0.2) is 0 Å². The van der Waals surface area contributed by atoms with E-state index in [1.54, 1.807) is 54.7 Å². The van der Waals surface area contributed by atoms with E-state index in [9.17, 15) is 18.8 Å². The van der Waals surface area contributed by atoms with Gasteiger partial charge in [0.2, 0.25) is 5.91 Å². The van der Waals surface area contributed by atoms with Crippen LogP contribution in [-0.2, 0) is 20.9 Å². The van der Waals surface area contributed by atoms with Gasteiger partial charge in [-0.05, 0) is 48.0 Å². The summed E-state index contributed by atoms with van der Waals surface area (Å²) in [5.41, 5.74) is 2.15. The van der Waals surface area contributed by atoms with Crippen molar-refractivity contribution in [3.8, 4) is 0 Å². The maximum absolute atomic E-state index is 13.7. The van der Waals surface area contributed by atoms with Gasteiger partial charge in [0, 0.05) is 24.5 Å². The van der Waals surface area contributed by atoms with Crippen LogP contribution < -0.4 is 10.6 Å². The average Bonchev–Trinajstić information content (AvgIpc) is 2.99. The summed E-state index contributed by atoms with van der Waals surface area (Å²) in [5.74, 6) is -1.73. The normalized spacial score (nSPS) is 13.5. The smallest absolute Gasteiger partial charge is 0.278 e. The number of hydrogen-bond donors (Lipinski definition) is 2. The first kappa shape index (κ1) is 20.9. The van der Waals surface area contributed by atoms with Crippen LogP contribution in [-0.4, -0.2) is 27.6 Å². The molecule has 0 bridgehead atoms. The highest BCUT2D eigenvalue weighted by molar-refractivity contribution is 6.36. The SMILES string of the molecule is CC(=O)Nc1ccc(C2=C(Nc3cccc(F)c3)C(=O)N(Cc3ccccn3)C2=O)cc1. The average molecular weight is 430 g/mol. The molecule has 1 aliphatic rings. The third-order valence-corrected chi connectivity index (χ3v) is 4.80. The fourth-order valence-corrected chi connectivity index (χ4v) is 3.39. The lowest BCUT2D eigenvalue weighted by atomic mass is 10.0. The number of nitrogens with one attached hydrogen (secondary N) is 2. The summed E-state index contributed by atoms with van der Waals surface area (Å²) in [6.45, 7) is 1.40. The fraction of sp³-hybridized carbons (Fsp3) is 0.0833. The fourth-order valence-electron chi connectivity index (χ4n) is 3.39. The zero-order valence-corrected chi connectivity index (χ0v) is 17.1. The van der Waals surface area contributed by atoms with E-state index < -0.39 is 17.6 Å². The summed E-state index contributed by atoms with van der Waals surface area (Å²) in [4.78, 5) is 43.1. The van der Waals surface area contributed by atoms with Crippen molar-refractivity contribution in [2.24, 2.45) is 0 Å². The minimum atomic E-state index is -0.536. The van der Waals surface area contributed by atoms with Crippen LogP contribution in [0.5, 0.6) is 0 Å². The highest BCUT2D eigenvalue weighted by Crippen LogP contribution is 2.32. The largest absolute Gasteiger partial charge is 0.350 e. The number of carbonyl (C=O) groups excluding carboxylic acids is 3. The van der Waals surface area contributed by atoms with Crippen LogP contribution in [0.3, 0.4) is 0 Å². The summed E-state index contributed by atoms with van der Waals surface area (Å²) in [6.07, 6.45) is 1.58. The Morgan fingerprint density at radius 1 is 0.969 bits per heavy atom. The van der Waals surface area contributed by atoms with Gasteiger partial charge in [-0.15, -0.1) is 0 Å². The first-order chi connectivity index (χ1) is 15.4. The molecule has 32 heavy (non-hydrogen) atoms. The number of carbonyl (C=O) groups is 3. The number of anilines is 2. The second-order valence-electron chi connectivity index (χ2n) is 7.16. The van der Waals surface area contributed by atoms with E-state index in [-0.39, 0.29) is 23.7 Å². The Bertz CT molecular complexity index is 1220. The molecule has 0 spiro atoms. The van der Waals surface area contributed by atoms with Crippen LogP contribution in [0.4, 0.5) is 15.8 Å². The molecule has 0 atom stereocenters. The number of aromatic nitrogens is 1. The Balaban J connectivity index is 1.72. The molecule has 4 rings (SSSR count). The van der Waals surface area contributed by atoms with Gasteiger partial charge >= 0.3 is 0 Å². The molecule has 3 amide bonds. The van der Waals surface area contributed by atoms with Crippen LogP contribution in [0.25, 0.3) is 5.57 Å². The first-order valence-corrected chi connectivity index (χ1v) is 9.83. The van der Waals surface area contributed by atoms with Gasteiger partial charge in [-0.3, -0.25) is 24.3 Å². The molecule has 2 aromatic carbocycles. The van der Waals surface area contributed by atoms with Crippen LogP contribution in [0.2, 0.25) is 0 Å². The highest BCUT2D eigenvalue weighted by Gasteiger charge is 2.39. The minimum Gasteiger partial charge on any atom is -0.350 e. The van der Waals surface area contributed by atoms with Gasteiger partial charge < -0.3 is 10.6 Å². The summed E-state index contributed by atoms with van der Waals surface area (Å²) in [6, 6.07) is 17.4. The highest BCUT2D eigenvalue weighted by atomic mass is 19.1. The third-order valence-electron chi connectivity index (χ3n) is 4.80. The maximum atomic E-state index is 13.7. The summed E-state index contributed by atoms with van der Waals surface area (Å²) >= 11 is 0. The molecule has 1 aliphatic heterocycles. The first-order valence-electron chi connectivity index (χ1n) is 9.83. The van der Waals surface area contributed by atoms with Crippen molar-refractivity contribution in [1.82, 2.24) is 9.88 Å². The Morgan fingerprint density at radius 2 is 1.75 bits per heavy atom. The van der Waals surface area contributed by atoms with E-state index in [0.29, 0.717) is 22.6 Å². The molecule has 0 aliphatic carbocycles. The summed E-state index contributed by atoms with van der Waals surface area (Å²) in [5, 5.41) is 5.57. The van der Waals surface area contributed by atoms with Crippen LogP contribution >= 0.6 is 0 Å². The molecule has 7 nitrogen and oxygen atoms in total. The third kappa shape index (κ3) is 4.39. The van der Waals surface area contributed by atoms with Crippen LogP contribution in [0.15, 0.2) is 78.6 Å². The topological polar surface area (TPSA) is 91.4 Å². The van der Waals surface area contributed by atoms with Crippen molar-refractivity contribution in [3.63, 3.8) is 0 Å². The maximum Gasteiger partial charge on any atom is 0.278 e. The minimum absolute atomic E-state index is 0.000311. The summed E-state index contributed by atoms with van der Waals surface area (Å²) in [7, 11) is 0. The Kier molecular flexibility index (Phi) is 5.76. The number of rotatable bonds is 6. The number of benzene rings is 2. The van der Waals surface area contributed by atoms with Gasteiger partial charge in [-0.25, -0.2) is 4.39 Å². The van der Waals surface area contributed by atoms with E-state index in [1.165, 1.54) is 25.1 Å². The second-order valence-corrected chi connectivity index (χ2v) is 7.16. The number of imide groups is 1. The molecule has 0 saturated carbocycles. The monoisotopic (exact) mass is 430 g/mol. The molecule has 2 N–H and O–H groups in total. The van der Waals surface area contributed by atoms with Gasteiger partial charge in [0.05, 0.1) is 17.8 Å². The molecular formula is C24H19FN4O3. The lowest BCUT2D eigenvalue weighted by Gasteiger charge is -2.14. The molecule has 8 heteroatoms. The Hall–Kier alpha value is -4.33. The number of amides is 3.